The normalized spacial score (nSPS) is 10.5. The fraction of sp³-hybridized carbons (Fsp3) is 0.455. The molecule has 0 aliphatic carbocycles. The van der Waals surface area contributed by atoms with Crippen LogP contribution in [0.15, 0.2) is 25.6 Å². The standard InChI is InChI=1S/C11H14Br3NS/c1-2-16-5-3-4-15-11-9(13)6-8(12)7-10(11)14/h6-7,15H,2-5H2,1H3. The number of hydrogen-bond acceptors (Lipinski definition) is 2. The molecule has 0 radical (unpaired) electrons. The Morgan fingerprint density at radius 1 is 1.19 bits per heavy atom. The van der Waals surface area contributed by atoms with E-state index in [0.717, 1.165) is 25.7 Å². The molecular formula is C11H14Br3NS. The van der Waals surface area contributed by atoms with E-state index in [1.54, 1.807) is 0 Å². The van der Waals surface area contributed by atoms with E-state index in [9.17, 15) is 0 Å². The summed E-state index contributed by atoms with van der Waals surface area (Å²) in [5.41, 5.74) is 1.13. The molecule has 0 aliphatic rings. The highest BCUT2D eigenvalue weighted by molar-refractivity contribution is 9.11. The molecule has 0 saturated heterocycles. The summed E-state index contributed by atoms with van der Waals surface area (Å²) in [5, 5.41) is 3.44. The van der Waals surface area contributed by atoms with Gasteiger partial charge in [-0.05, 0) is 61.9 Å². The minimum atomic E-state index is 1.01. The van der Waals surface area contributed by atoms with Gasteiger partial charge in [0.15, 0.2) is 0 Å². The molecule has 1 N–H and O–H groups in total. The zero-order valence-electron chi connectivity index (χ0n) is 9.03. The second-order valence-corrected chi connectivity index (χ2v) is 7.24. The van der Waals surface area contributed by atoms with Crippen LogP contribution in [0.4, 0.5) is 5.69 Å². The van der Waals surface area contributed by atoms with Gasteiger partial charge in [-0.25, -0.2) is 0 Å². The molecular weight excluding hydrogens is 418 g/mol. The van der Waals surface area contributed by atoms with Crippen molar-refractivity contribution in [3.8, 4) is 0 Å². The first-order chi connectivity index (χ1) is 7.65. The molecule has 0 aliphatic heterocycles. The summed E-state index contributed by atoms with van der Waals surface area (Å²) >= 11 is 12.5. The van der Waals surface area contributed by atoms with Crippen molar-refractivity contribution in [3.63, 3.8) is 0 Å². The Morgan fingerprint density at radius 3 is 2.38 bits per heavy atom. The van der Waals surface area contributed by atoms with Gasteiger partial charge in [-0.2, -0.15) is 11.8 Å². The van der Waals surface area contributed by atoms with Crippen molar-refractivity contribution >= 4 is 65.2 Å². The minimum Gasteiger partial charge on any atom is -0.383 e. The maximum atomic E-state index is 3.55. The monoisotopic (exact) mass is 429 g/mol. The van der Waals surface area contributed by atoms with Crippen molar-refractivity contribution in [2.45, 2.75) is 13.3 Å². The summed E-state index contributed by atoms with van der Waals surface area (Å²) in [6.45, 7) is 3.20. The Labute approximate surface area is 127 Å². The lowest BCUT2D eigenvalue weighted by molar-refractivity contribution is 0.989. The van der Waals surface area contributed by atoms with Crippen molar-refractivity contribution in [2.75, 3.05) is 23.4 Å². The van der Waals surface area contributed by atoms with E-state index in [1.807, 2.05) is 23.9 Å². The van der Waals surface area contributed by atoms with E-state index >= 15 is 0 Å². The van der Waals surface area contributed by atoms with Gasteiger partial charge in [0.1, 0.15) is 0 Å². The summed E-state index contributed by atoms with van der Waals surface area (Å²) in [7, 11) is 0. The van der Waals surface area contributed by atoms with E-state index in [4.69, 9.17) is 0 Å². The quantitative estimate of drug-likeness (QED) is 0.594. The van der Waals surface area contributed by atoms with Gasteiger partial charge in [-0.1, -0.05) is 22.9 Å². The van der Waals surface area contributed by atoms with Crippen LogP contribution in [0.2, 0.25) is 0 Å². The van der Waals surface area contributed by atoms with Crippen LogP contribution in [0.5, 0.6) is 0 Å². The number of thioether (sulfide) groups is 1. The molecule has 1 aromatic carbocycles. The number of hydrogen-bond donors (Lipinski definition) is 1. The Balaban J connectivity index is 2.47. The predicted molar refractivity (Wildman–Crippen MR) is 85.6 cm³/mol. The highest BCUT2D eigenvalue weighted by Gasteiger charge is 2.05. The molecule has 0 aromatic heterocycles. The molecule has 0 fully saturated rings. The molecule has 0 unspecified atom stereocenters. The van der Waals surface area contributed by atoms with Crippen LogP contribution in [-0.4, -0.2) is 18.1 Å². The third-order valence-electron chi connectivity index (χ3n) is 1.98. The van der Waals surface area contributed by atoms with Crippen LogP contribution >= 0.6 is 59.6 Å². The van der Waals surface area contributed by atoms with Gasteiger partial charge in [0, 0.05) is 20.0 Å². The van der Waals surface area contributed by atoms with Gasteiger partial charge < -0.3 is 5.32 Å². The number of nitrogens with one attached hydrogen (secondary N) is 1. The van der Waals surface area contributed by atoms with Crippen molar-refractivity contribution in [1.82, 2.24) is 0 Å². The number of rotatable bonds is 6. The van der Waals surface area contributed by atoms with Crippen LogP contribution in [0.25, 0.3) is 0 Å². The van der Waals surface area contributed by atoms with Gasteiger partial charge in [0.05, 0.1) is 5.69 Å². The number of halogens is 3. The van der Waals surface area contributed by atoms with Gasteiger partial charge >= 0.3 is 0 Å². The Bertz CT molecular complexity index is 321. The molecule has 0 saturated carbocycles. The third-order valence-corrected chi connectivity index (χ3v) is 4.67. The van der Waals surface area contributed by atoms with Crippen LogP contribution in [0.1, 0.15) is 13.3 Å². The Hall–Kier alpha value is 0.810. The van der Waals surface area contributed by atoms with Crippen molar-refractivity contribution in [1.29, 1.82) is 0 Å². The van der Waals surface area contributed by atoms with E-state index in [-0.39, 0.29) is 0 Å². The zero-order chi connectivity index (χ0) is 12.0. The molecule has 0 bridgehead atoms. The second-order valence-electron chi connectivity index (χ2n) is 3.22. The van der Waals surface area contributed by atoms with Crippen LogP contribution < -0.4 is 5.32 Å². The molecule has 0 heterocycles. The fourth-order valence-corrected chi connectivity index (χ4v) is 4.42. The predicted octanol–water partition coefficient (Wildman–Crippen LogP) is 5.53. The molecule has 0 amide bonds. The lowest BCUT2D eigenvalue weighted by atomic mass is 10.3. The lowest BCUT2D eigenvalue weighted by Gasteiger charge is -2.11. The molecule has 0 spiro atoms. The average molecular weight is 432 g/mol. The summed E-state index contributed by atoms with van der Waals surface area (Å²) in [4.78, 5) is 0. The van der Waals surface area contributed by atoms with Crippen molar-refractivity contribution in [3.05, 3.63) is 25.6 Å². The highest BCUT2D eigenvalue weighted by atomic mass is 79.9. The third kappa shape index (κ3) is 4.98. The summed E-state index contributed by atoms with van der Waals surface area (Å²) < 4.78 is 3.23. The Kier molecular flexibility index (Phi) is 7.44. The van der Waals surface area contributed by atoms with Crippen LogP contribution in [0.3, 0.4) is 0 Å². The lowest BCUT2D eigenvalue weighted by Crippen LogP contribution is -2.04. The first-order valence-electron chi connectivity index (χ1n) is 5.11. The first kappa shape index (κ1) is 14.9. The number of benzene rings is 1. The van der Waals surface area contributed by atoms with Gasteiger partial charge in [0.25, 0.3) is 0 Å². The molecule has 90 valence electrons. The summed E-state index contributed by atoms with van der Waals surface area (Å²) in [6.07, 6.45) is 1.19. The van der Waals surface area contributed by atoms with E-state index in [0.29, 0.717) is 0 Å². The fourth-order valence-electron chi connectivity index (χ4n) is 1.24. The van der Waals surface area contributed by atoms with Crippen LogP contribution in [-0.2, 0) is 0 Å². The highest BCUT2D eigenvalue weighted by Crippen LogP contribution is 2.34. The van der Waals surface area contributed by atoms with E-state index in [1.165, 1.54) is 17.9 Å². The summed E-state index contributed by atoms with van der Waals surface area (Å²) in [5.74, 6) is 2.42. The molecule has 5 heteroatoms. The average Bonchev–Trinajstić information content (AvgIpc) is 2.20. The molecule has 0 atom stereocenters. The Morgan fingerprint density at radius 2 is 1.81 bits per heavy atom. The molecule has 16 heavy (non-hydrogen) atoms. The zero-order valence-corrected chi connectivity index (χ0v) is 14.6. The smallest absolute Gasteiger partial charge is 0.0629 e. The van der Waals surface area contributed by atoms with E-state index < -0.39 is 0 Å². The van der Waals surface area contributed by atoms with Crippen LogP contribution in [0, 0.1) is 0 Å². The van der Waals surface area contributed by atoms with Crippen molar-refractivity contribution in [2.24, 2.45) is 0 Å². The SMILES string of the molecule is CCSCCCNc1c(Br)cc(Br)cc1Br. The second kappa shape index (κ2) is 8.01. The molecule has 1 nitrogen and oxygen atoms in total. The maximum Gasteiger partial charge on any atom is 0.0629 e. The topological polar surface area (TPSA) is 12.0 Å². The minimum absolute atomic E-state index is 1.01. The molecule has 1 rings (SSSR count). The van der Waals surface area contributed by atoms with Crippen molar-refractivity contribution < 1.29 is 0 Å². The largest absolute Gasteiger partial charge is 0.383 e. The van der Waals surface area contributed by atoms with Gasteiger partial charge in [0.2, 0.25) is 0 Å². The van der Waals surface area contributed by atoms with Gasteiger partial charge in [-0.15, -0.1) is 0 Å². The van der Waals surface area contributed by atoms with Gasteiger partial charge in [-0.3, -0.25) is 0 Å². The maximum absolute atomic E-state index is 3.55. The number of anilines is 1. The molecule has 1 aromatic rings. The van der Waals surface area contributed by atoms with E-state index in [2.05, 4.69) is 60.0 Å². The first-order valence-corrected chi connectivity index (χ1v) is 8.64. The summed E-state index contributed by atoms with van der Waals surface area (Å²) in [6, 6.07) is 4.10.